The Bertz CT molecular complexity index is 735. The highest BCUT2D eigenvalue weighted by Crippen LogP contribution is 2.41. The quantitative estimate of drug-likeness (QED) is 0.794. The molecule has 1 aromatic heterocycles. The monoisotopic (exact) mass is 289 g/mol. The average molecular weight is 289 g/mol. The molecule has 2 aromatic rings. The molecule has 5 N–H and O–H groups in total. The van der Waals surface area contributed by atoms with Gasteiger partial charge in [-0.05, 0) is 50.7 Å². The van der Waals surface area contributed by atoms with Crippen molar-refractivity contribution in [3.05, 3.63) is 34.3 Å². The lowest BCUT2D eigenvalue weighted by atomic mass is 9.90. The fourth-order valence-corrected chi connectivity index (χ4v) is 3.53. The molecule has 21 heavy (non-hydrogen) atoms. The summed E-state index contributed by atoms with van der Waals surface area (Å²) in [6.45, 7) is 3.86. The molecular weight excluding hydrogens is 269 g/mol. The number of hydrogen-bond acceptors (Lipinski definition) is 2. The second-order valence-corrected chi connectivity index (χ2v) is 6.08. The molecule has 0 bridgehead atoms. The Morgan fingerprint density at radius 2 is 2.10 bits per heavy atom. The van der Waals surface area contributed by atoms with Gasteiger partial charge in [0.25, 0.3) is 5.91 Å². The maximum atomic E-state index is 14.6. The number of H-pyrrole nitrogens is 1. The maximum Gasteiger partial charge on any atom is 0.250 e. The zero-order valence-corrected chi connectivity index (χ0v) is 12.3. The van der Waals surface area contributed by atoms with Gasteiger partial charge in [-0.25, -0.2) is 4.39 Å². The first-order valence-electron chi connectivity index (χ1n) is 7.26. The van der Waals surface area contributed by atoms with E-state index in [-0.39, 0.29) is 23.3 Å². The molecule has 1 saturated carbocycles. The van der Waals surface area contributed by atoms with Crippen molar-refractivity contribution in [2.24, 2.45) is 11.5 Å². The highest BCUT2D eigenvalue weighted by atomic mass is 19.1. The molecule has 1 aliphatic carbocycles. The summed E-state index contributed by atoms with van der Waals surface area (Å²) in [5.74, 6) is -0.856. The van der Waals surface area contributed by atoms with Crippen molar-refractivity contribution in [2.45, 2.75) is 45.1 Å². The summed E-state index contributed by atoms with van der Waals surface area (Å²) < 4.78 is 14.6. The van der Waals surface area contributed by atoms with E-state index in [0.29, 0.717) is 11.1 Å². The molecule has 4 nitrogen and oxygen atoms in total. The molecule has 1 aromatic carbocycles. The number of carbonyl (C=O) groups is 1. The third-order valence-corrected chi connectivity index (χ3v) is 4.71. The van der Waals surface area contributed by atoms with Gasteiger partial charge in [-0.1, -0.05) is 0 Å². The van der Waals surface area contributed by atoms with Crippen LogP contribution in [0.3, 0.4) is 0 Å². The Kier molecular flexibility index (Phi) is 3.24. The standard InChI is InChI=1S/C16H20FN3O/c1-7-8(2)20-15-11(16(19)21)6-12(17)14(13(7)15)9-3-4-10(18)5-9/h6,9-10,20H,3-5,18H2,1-2H3,(H2,19,21)/t9?,10-/m1/s1. The van der Waals surface area contributed by atoms with Crippen LogP contribution in [0.5, 0.6) is 0 Å². The number of primary amides is 1. The number of carbonyl (C=O) groups excluding carboxylic acids is 1. The molecule has 1 unspecified atom stereocenters. The van der Waals surface area contributed by atoms with Crippen LogP contribution >= 0.6 is 0 Å². The van der Waals surface area contributed by atoms with Crippen molar-refractivity contribution in [2.75, 3.05) is 0 Å². The van der Waals surface area contributed by atoms with Crippen LogP contribution in [0.4, 0.5) is 4.39 Å². The van der Waals surface area contributed by atoms with E-state index in [2.05, 4.69) is 4.98 Å². The Morgan fingerprint density at radius 3 is 2.67 bits per heavy atom. The number of benzene rings is 1. The van der Waals surface area contributed by atoms with Gasteiger partial charge in [0.15, 0.2) is 0 Å². The van der Waals surface area contributed by atoms with Crippen LogP contribution in [-0.4, -0.2) is 16.9 Å². The molecule has 1 fully saturated rings. The van der Waals surface area contributed by atoms with E-state index < -0.39 is 5.91 Å². The van der Waals surface area contributed by atoms with Crippen molar-refractivity contribution in [3.8, 4) is 0 Å². The second kappa shape index (κ2) is 4.84. The SMILES string of the molecule is Cc1[nH]c2c(C(N)=O)cc(F)c(C3CC[C@@H](N)C3)c2c1C. The minimum atomic E-state index is -0.616. The molecule has 1 amide bonds. The van der Waals surface area contributed by atoms with Crippen LogP contribution in [-0.2, 0) is 0 Å². The summed E-state index contributed by atoms with van der Waals surface area (Å²) in [5.41, 5.74) is 14.8. The lowest BCUT2D eigenvalue weighted by Crippen LogP contribution is -2.15. The topological polar surface area (TPSA) is 84.9 Å². The van der Waals surface area contributed by atoms with E-state index in [1.54, 1.807) is 0 Å². The minimum Gasteiger partial charge on any atom is -0.366 e. The molecule has 0 aliphatic heterocycles. The van der Waals surface area contributed by atoms with Crippen molar-refractivity contribution in [1.29, 1.82) is 0 Å². The van der Waals surface area contributed by atoms with E-state index in [9.17, 15) is 9.18 Å². The number of aromatic nitrogens is 1. The molecular formula is C16H20FN3O. The molecule has 3 rings (SSSR count). The fourth-order valence-electron chi connectivity index (χ4n) is 3.53. The van der Waals surface area contributed by atoms with Gasteiger partial charge in [0, 0.05) is 22.7 Å². The zero-order valence-electron chi connectivity index (χ0n) is 12.3. The van der Waals surface area contributed by atoms with E-state index in [0.717, 1.165) is 35.9 Å². The first-order chi connectivity index (χ1) is 9.90. The molecule has 1 aliphatic rings. The molecule has 1 heterocycles. The van der Waals surface area contributed by atoms with Crippen molar-refractivity contribution >= 4 is 16.8 Å². The Morgan fingerprint density at radius 1 is 1.38 bits per heavy atom. The van der Waals surface area contributed by atoms with Crippen molar-refractivity contribution < 1.29 is 9.18 Å². The van der Waals surface area contributed by atoms with Crippen LogP contribution in [0, 0.1) is 19.7 Å². The largest absolute Gasteiger partial charge is 0.366 e. The summed E-state index contributed by atoms with van der Waals surface area (Å²) in [6, 6.07) is 1.39. The van der Waals surface area contributed by atoms with Crippen LogP contribution in [0.25, 0.3) is 10.9 Å². The van der Waals surface area contributed by atoms with E-state index in [1.807, 2.05) is 13.8 Å². The molecule has 0 spiro atoms. The smallest absolute Gasteiger partial charge is 0.250 e. The molecule has 5 heteroatoms. The summed E-state index contributed by atoms with van der Waals surface area (Å²) in [7, 11) is 0. The van der Waals surface area contributed by atoms with Gasteiger partial charge in [0.05, 0.1) is 11.1 Å². The number of aromatic amines is 1. The van der Waals surface area contributed by atoms with Crippen LogP contribution in [0.1, 0.15) is 52.4 Å². The number of aryl methyl sites for hydroxylation is 2. The lowest BCUT2D eigenvalue weighted by Gasteiger charge is -2.15. The third kappa shape index (κ3) is 2.12. The van der Waals surface area contributed by atoms with Crippen LogP contribution < -0.4 is 11.5 Å². The molecule has 2 atom stereocenters. The number of nitrogens with one attached hydrogen (secondary N) is 1. The van der Waals surface area contributed by atoms with E-state index in [1.165, 1.54) is 6.07 Å². The van der Waals surface area contributed by atoms with E-state index in [4.69, 9.17) is 11.5 Å². The van der Waals surface area contributed by atoms with Gasteiger partial charge in [-0.3, -0.25) is 4.79 Å². The Balaban J connectivity index is 2.32. The third-order valence-electron chi connectivity index (χ3n) is 4.71. The average Bonchev–Trinajstić information content (AvgIpc) is 2.95. The summed E-state index contributed by atoms with van der Waals surface area (Å²) in [6.07, 6.45) is 2.57. The molecule has 0 radical (unpaired) electrons. The zero-order chi connectivity index (χ0) is 15.3. The lowest BCUT2D eigenvalue weighted by molar-refractivity contribution is 0.100. The maximum absolute atomic E-state index is 14.6. The number of nitrogens with two attached hydrogens (primary N) is 2. The summed E-state index contributed by atoms with van der Waals surface area (Å²) >= 11 is 0. The van der Waals surface area contributed by atoms with Crippen LogP contribution in [0.2, 0.25) is 0 Å². The van der Waals surface area contributed by atoms with Gasteiger partial charge in [-0.2, -0.15) is 0 Å². The van der Waals surface area contributed by atoms with Crippen molar-refractivity contribution in [1.82, 2.24) is 4.98 Å². The van der Waals surface area contributed by atoms with Gasteiger partial charge in [0.2, 0.25) is 0 Å². The Hall–Kier alpha value is -1.88. The fraction of sp³-hybridized carbons (Fsp3) is 0.438. The first-order valence-corrected chi connectivity index (χ1v) is 7.26. The number of hydrogen-bond donors (Lipinski definition) is 3. The highest BCUT2D eigenvalue weighted by Gasteiger charge is 2.30. The highest BCUT2D eigenvalue weighted by molar-refractivity contribution is 6.07. The molecule has 112 valence electrons. The predicted molar refractivity (Wildman–Crippen MR) is 80.8 cm³/mol. The van der Waals surface area contributed by atoms with Gasteiger partial charge in [-0.15, -0.1) is 0 Å². The second-order valence-electron chi connectivity index (χ2n) is 6.08. The minimum absolute atomic E-state index is 0.110. The van der Waals surface area contributed by atoms with Gasteiger partial charge in [0.1, 0.15) is 5.82 Å². The normalized spacial score (nSPS) is 22.1. The number of fused-ring (bicyclic) bond motifs is 1. The first kappa shape index (κ1) is 14.1. The van der Waals surface area contributed by atoms with E-state index >= 15 is 0 Å². The van der Waals surface area contributed by atoms with Gasteiger partial charge >= 0.3 is 0 Å². The number of halogens is 1. The number of amides is 1. The molecule has 0 saturated heterocycles. The predicted octanol–water partition coefficient (Wildman–Crippen LogP) is 2.62. The van der Waals surface area contributed by atoms with Gasteiger partial charge < -0.3 is 16.5 Å². The Labute approximate surface area is 122 Å². The van der Waals surface area contributed by atoms with Crippen LogP contribution in [0.15, 0.2) is 6.07 Å². The summed E-state index contributed by atoms with van der Waals surface area (Å²) in [4.78, 5) is 14.8. The van der Waals surface area contributed by atoms with Crippen molar-refractivity contribution in [3.63, 3.8) is 0 Å². The number of rotatable bonds is 2. The summed E-state index contributed by atoms with van der Waals surface area (Å²) in [5, 5.41) is 0.806.